The van der Waals surface area contributed by atoms with Gasteiger partial charge in [-0.2, -0.15) is 0 Å². The molecule has 1 saturated heterocycles. The van der Waals surface area contributed by atoms with Gasteiger partial charge in [-0.15, -0.1) is 0 Å². The van der Waals surface area contributed by atoms with Crippen LogP contribution in [0.3, 0.4) is 0 Å². The number of aliphatic hydroxyl groups excluding tert-OH is 3. The third-order valence-corrected chi connectivity index (χ3v) is 5.23. The van der Waals surface area contributed by atoms with Gasteiger partial charge in [0.25, 0.3) is 0 Å². The van der Waals surface area contributed by atoms with E-state index in [4.69, 9.17) is 18.6 Å². The lowest BCUT2D eigenvalue weighted by atomic mass is 9.99. The highest BCUT2D eigenvalue weighted by Crippen LogP contribution is 2.43. The Labute approximate surface area is 185 Å². The number of carboxylic acid groups (broad SMARTS) is 1. The number of aromatic hydroxyl groups is 1. The number of methoxy groups -OCH3 is 1. The van der Waals surface area contributed by atoms with Gasteiger partial charge in [-0.25, -0.2) is 4.79 Å². The SMILES string of the molecule is COc1c(O[C@@H]2OC(C(=O)O)[C@@H](O)[C@H](O)C2O)cc2oc(-c3ccccc3)cc(=O)c2c1O. The molecule has 1 aromatic heterocycles. The molecular formula is C22H20O11. The van der Waals surface area contributed by atoms with Crippen LogP contribution < -0.4 is 14.9 Å². The van der Waals surface area contributed by atoms with Crippen molar-refractivity contribution < 1.29 is 49.0 Å². The van der Waals surface area contributed by atoms with Gasteiger partial charge in [0.15, 0.2) is 23.0 Å². The number of phenolic OH excluding ortho intramolecular Hbond substituents is 1. The maximum Gasteiger partial charge on any atom is 0.335 e. The van der Waals surface area contributed by atoms with Gasteiger partial charge in [-0.05, 0) is 0 Å². The topological polar surface area (TPSA) is 176 Å². The van der Waals surface area contributed by atoms with E-state index in [1.54, 1.807) is 30.3 Å². The number of carboxylic acids is 1. The van der Waals surface area contributed by atoms with E-state index in [0.29, 0.717) is 5.56 Å². The molecule has 4 rings (SSSR count). The molecule has 1 aliphatic rings. The monoisotopic (exact) mass is 460 g/mol. The number of hydrogen-bond donors (Lipinski definition) is 5. The molecule has 5 atom stereocenters. The molecule has 1 aliphatic heterocycles. The molecule has 2 unspecified atom stereocenters. The second-order valence-electron chi connectivity index (χ2n) is 7.32. The van der Waals surface area contributed by atoms with Crippen LogP contribution in [0.5, 0.6) is 17.2 Å². The summed E-state index contributed by atoms with van der Waals surface area (Å²) in [6.45, 7) is 0. The fraction of sp³-hybridized carbons (Fsp3) is 0.273. The van der Waals surface area contributed by atoms with Crippen molar-refractivity contribution in [3.8, 4) is 28.6 Å². The van der Waals surface area contributed by atoms with Gasteiger partial charge in [-0.1, -0.05) is 30.3 Å². The minimum absolute atomic E-state index is 0.0877. The van der Waals surface area contributed by atoms with Crippen LogP contribution in [0.25, 0.3) is 22.3 Å². The van der Waals surface area contributed by atoms with Crippen LogP contribution in [0.15, 0.2) is 51.7 Å². The van der Waals surface area contributed by atoms with Crippen molar-refractivity contribution >= 4 is 16.9 Å². The normalized spacial score (nSPS) is 25.0. The van der Waals surface area contributed by atoms with Crippen molar-refractivity contribution in [2.45, 2.75) is 30.7 Å². The molecule has 0 bridgehead atoms. The number of rotatable bonds is 5. The predicted octanol–water partition coefficient (Wildman–Crippen LogP) is 0.445. The van der Waals surface area contributed by atoms with E-state index < -0.39 is 47.9 Å². The first kappa shape index (κ1) is 22.6. The van der Waals surface area contributed by atoms with Crippen LogP contribution in [-0.4, -0.2) is 69.3 Å². The Kier molecular flexibility index (Phi) is 5.95. The van der Waals surface area contributed by atoms with Crippen molar-refractivity contribution in [1.82, 2.24) is 0 Å². The van der Waals surface area contributed by atoms with Crippen LogP contribution in [0, 0.1) is 0 Å². The van der Waals surface area contributed by atoms with Gasteiger partial charge < -0.3 is 44.2 Å². The second-order valence-corrected chi connectivity index (χ2v) is 7.32. The Balaban J connectivity index is 1.80. The third-order valence-electron chi connectivity index (χ3n) is 5.23. The minimum Gasteiger partial charge on any atom is -0.504 e. The molecule has 3 aromatic rings. The molecule has 1 fully saturated rings. The zero-order valence-electron chi connectivity index (χ0n) is 17.1. The lowest BCUT2D eigenvalue weighted by Gasteiger charge is -2.38. The molecule has 5 N–H and O–H groups in total. The number of hydrogen-bond acceptors (Lipinski definition) is 10. The first-order valence-corrected chi connectivity index (χ1v) is 9.75. The summed E-state index contributed by atoms with van der Waals surface area (Å²) in [7, 11) is 1.19. The molecule has 2 aromatic carbocycles. The Hall–Kier alpha value is -3.64. The van der Waals surface area contributed by atoms with Gasteiger partial charge in [0.2, 0.25) is 12.0 Å². The molecule has 2 heterocycles. The summed E-state index contributed by atoms with van der Waals surface area (Å²) in [5, 5.41) is 49.7. The average molecular weight is 460 g/mol. The van der Waals surface area contributed by atoms with E-state index in [1.165, 1.54) is 19.2 Å². The van der Waals surface area contributed by atoms with Crippen molar-refractivity contribution in [3.05, 3.63) is 52.7 Å². The maximum absolute atomic E-state index is 12.7. The predicted molar refractivity (Wildman–Crippen MR) is 111 cm³/mol. The quantitative estimate of drug-likeness (QED) is 0.357. The van der Waals surface area contributed by atoms with Crippen LogP contribution >= 0.6 is 0 Å². The third kappa shape index (κ3) is 3.98. The van der Waals surface area contributed by atoms with E-state index in [1.807, 2.05) is 0 Å². The number of phenols is 1. The molecular weight excluding hydrogens is 440 g/mol. The first-order valence-electron chi connectivity index (χ1n) is 9.75. The van der Waals surface area contributed by atoms with Crippen LogP contribution in [0.1, 0.15) is 0 Å². The number of fused-ring (bicyclic) bond motifs is 1. The molecule has 174 valence electrons. The first-order chi connectivity index (χ1) is 15.7. The van der Waals surface area contributed by atoms with E-state index in [-0.39, 0.29) is 28.2 Å². The molecule has 33 heavy (non-hydrogen) atoms. The van der Waals surface area contributed by atoms with Crippen LogP contribution in [0.4, 0.5) is 0 Å². The van der Waals surface area contributed by atoms with Crippen molar-refractivity contribution in [1.29, 1.82) is 0 Å². The highest BCUT2D eigenvalue weighted by molar-refractivity contribution is 5.89. The second kappa shape index (κ2) is 8.71. The van der Waals surface area contributed by atoms with Crippen molar-refractivity contribution in [2.75, 3.05) is 7.11 Å². The lowest BCUT2D eigenvalue weighted by molar-refractivity contribution is -0.271. The molecule has 0 spiro atoms. The Bertz CT molecular complexity index is 1240. The summed E-state index contributed by atoms with van der Waals surface area (Å²) < 4.78 is 21.5. The standard InChI is InChI=1S/C22H20O11/c1-30-19-13(32-22-18(27)16(25)17(26)20(33-22)21(28)29)8-12-14(15(19)24)10(23)7-11(31-12)9-5-3-2-4-6-9/h2-8,16-18,20,22,24-27H,1H3,(H,28,29)/t16-,17-,18?,20?,22+/m0/s1. The molecule has 0 saturated carbocycles. The Morgan fingerprint density at radius 3 is 2.36 bits per heavy atom. The molecule has 0 aliphatic carbocycles. The Morgan fingerprint density at radius 2 is 1.73 bits per heavy atom. The van der Waals surface area contributed by atoms with Gasteiger partial charge in [0.1, 0.15) is 35.0 Å². The van der Waals surface area contributed by atoms with Crippen LogP contribution in [0.2, 0.25) is 0 Å². The summed E-state index contributed by atoms with van der Waals surface area (Å²) in [5.41, 5.74) is -0.0482. The summed E-state index contributed by atoms with van der Waals surface area (Å²) in [4.78, 5) is 24.0. The molecule has 0 amide bonds. The number of benzene rings is 2. The largest absolute Gasteiger partial charge is 0.504 e. The average Bonchev–Trinajstić information content (AvgIpc) is 2.79. The molecule has 0 radical (unpaired) electrons. The number of carbonyl (C=O) groups is 1. The molecule has 11 heteroatoms. The summed E-state index contributed by atoms with van der Waals surface area (Å²) in [5.74, 6) is -2.58. The van der Waals surface area contributed by atoms with Crippen molar-refractivity contribution in [2.24, 2.45) is 0 Å². The highest BCUT2D eigenvalue weighted by atomic mass is 16.7. The zero-order valence-corrected chi connectivity index (χ0v) is 17.1. The number of aliphatic carboxylic acids is 1. The molecule has 11 nitrogen and oxygen atoms in total. The van der Waals surface area contributed by atoms with Crippen LogP contribution in [-0.2, 0) is 9.53 Å². The van der Waals surface area contributed by atoms with E-state index >= 15 is 0 Å². The van der Waals surface area contributed by atoms with E-state index in [0.717, 1.165) is 0 Å². The smallest absolute Gasteiger partial charge is 0.335 e. The van der Waals surface area contributed by atoms with E-state index in [9.17, 15) is 35.1 Å². The van der Waals surface area contributed by atoms with Gasteiger partial charge >= 0.3 is 5.97 Å². The van der Waals surface area contributed by atoms with Gasteiger partial charge in [-0.3, -0.25) is 4.79 Å². The highest BCUT2D eigenvalue weighted by Gasteiger charge is 2.48. The zero-order chi connectivity index (χ0) is 23.9. The number of aliphatic hydroxyl groups is 3. The summed E-state index contributed by atoms with van der Waals surface area (Å²) >= 11 is 0. The maximum atomic E-state index is 12.7. The van der Waals surface area contributed by atoms with E-state index in [2.05, 4.69) is 0 Å². The fourth-order valence-electron chi connectivity index (χ4n) is 3.57. The number of ether oxygens (including phenoxy) is 3. The van der Waals surface area contributed by atoms with Gasteiger partial charge in [0, 0.05) is 17.7 Å². The summed E-state index contributed by atoms with van der Waals surface area (Å²) in [6, 6.07) is 11.1. The summed E-state index contributed by atoms with van der Waals surface area (Å²) in [6.07, 6.45) is -9.31. The lowest BCUT2D eigenvalue weighted by Crippen LogP contribution is -2.61. The van der Waals surface area contributed by atoms with Gasteiger partial charge in [0.05, 0.1) is 7.11 Å². The Morgan fingerprint density at radius 1 is 1.03 bits per heavy atom. The minimum atomic E-state index is -1.91. The fourth-order valence-corrected chi connectivity index (χ4v) is 3.57. The van der Waals surface area contributed by atoms with Crippen molar-refractivity contribution in [3.63, 3.8) is 0 Å².